The van der Waals surface area contributed by atoms with E-state index in [1.165, 1.54) is 6.33 Å². The highest BCUT2D eigenvalue weighted by Gasteiger charge is 2.17. The van der Waals surface area contributed by atoms with E-state index < -0.39 is 0 Å². The Morgan fingerprint density at radius 2 is 2.05 bits per heavy atom. The molecule has 21 heavy (non-hydrogen) atoms. The molecule has 5 nitrogen and oxygen atoms in total. The fourth-order valence-corrected chi connectivity index (χ4v) is 2.64. The third-order valence-electron chi connectivity index (χ3n) is 3.50. The maximum absolute atomic E-state index is 5.81. The van der Waals surface area contributed by atoms with Crippen LogP contribution in [0.15, 0.2) is 35.1 Å². The van der Waals surface area contributed by atoms with Crippen molar-refractivity contribution in [3.8, 4) is 5.75 Å². The zero-order valence-electron chi connectivity index (χ0n) is 12.4. The van der Waals surface area contributed by atoms with E-state index in [1.54, 1.807) is 7.11 Å². The number of aromatic nitrogens is 2. The van der Waals surface area contributed by atoms with Gasteiger partial charge in [-0.15, -0.1) is 0 Å². The summed E-state index contributed by atoms with van der Waals surface area (Å²) in [7, 11) is 3.68. The van der Waals surface area contributed by atoms with Gasteiger partial charge in [0.1, 0.15) is 28.2 Å². The molecule has 1 atom stereocenters. The minimum absolute atomic E-state index is 0.229. The minimum Gasteiger partial charge on any atom is -0.496 e. The van der Waals surface area contributed by atoms with Crippen molar-refractivity contribution in [1.29, 1.82) is 0 Å². The molecule has 2 N–H and O–H groups in total. The lowest BCUT2D eigenvalue weighted by Gasteiger charge is -2.27. The minimum atomic E-state index is 0.229. The number of nitrogens with zero attached hydrogens (tertiary/aromatic N) is 3. The largest absolute Gasteiger partial charge is 0.496 e. The molecule has 1 aromatic heterocycles. The van der Waals surface area contributed by atoms with Gasteiger partial charge in [0, 0.05) is 13.1 Å². The molecule has 0 amide bonds. The lowest BCUT2D eigenvalue weighted by molar-refractivity contribution is 0.408. The zero-order chi connectivity index (χ0) is 15.4. The molecule has 1 unspecified atom stereocenters. The predicted molar refractivity (Wildman–Crippen MR) is 88.7 cm³/mol. The molecule has 0 aliphatic rings. The molecule has 0 bridgehead atoms. The first-order valence-electron chi connectivity index (χ1n) is 6.65. The molecule has 0 fully saturated rings. The Labute approximate surface area is 133 Å². The lowest BCUT2D eigenvalue weighted by atomic mass is 10.1. The Balaban J connectivity index is 2.20. The van der Waals surface area contributed by atoms with Crippen molar-refractivity contribution in [2.24, 2.45) is 0 Å². The van der Waals surface area contributed by atoms with Crippen LogP contribution in [0.3, 0.4) is 0 Å². The van der Waals surface area contributed by atoms with E-state index in [0.29, 0.717) is 5.82 Å². The summed E-state index contributed by atoms with van der Waals surface area (Å²) in [6.07, 6.45) is 2.32. The van der Waals surface area contributed by atoms with Crippen LogP contribution < -0.4 is 15.4 Å². The maximum atomic E-state index is 5.81. The number of nitrogen functional groups attached to an aromatic ring is 1. The van der Waals surface area contributed by atoms with Crippen LogP contribution in [0, 0.1) is 0 Å². The number of halogens is 1. The summed E-state index contributed by atoms with van der Waals surface area (Å²) < 4.78 is 6.12. The van der Waals surface area contributed by atoms with Crippen molar-refractivity contribution in [3.63, 3.8) is 0 Å². The molecule has 0 saturated carbocycles. The number of likely N-dealkylation sites (N-methyl/N-ethyl adjacent to an activating group) is 1. The first-order chi connectivity index (χ1) is 10.0. The quantitative estimate of drug-likeness (QED) is 0.897. The molecule has 0 aliphatic carbocycles. The molecule has 2 rings (SSSR count). The number of hydrogen-bond donors (Lipinski definition) is 1. The monoisotopic (exact) mass is 350 g/mol. The molecular weight excluding hydrogens is 332 g/mol. The summed E-state index contributed by atoms with van der Waals surface area (Å²) in [4.78, 5) is 10.3. The first-order valence-corrected chi connectivity index (χ1v) is 7.44. The number of ether oxygens (including phenoxy) is 1. The molecule has 0 aliphatic heterocycles. The summed E-state index contributed by atoms with van der Waals surface area (Å²) in [5, 5.41) is 0. The smallest absolute Gasteiger partial charge is 0.148 e. The summed E-state index contributed by atoms with van der Waals surface area (Å²) >= 11 is 3.45. The molecular formula is C15H19BrN4O. The van der Waals surface area contributed by atoms with Crippen LogP contribution in [0.25, 0.3) is 0 Å². The SMILES string of the molecule is COc1ccccc1CC(C)N(C)c1ncnc(N)c1Br. The number of hydrogen-bond acceptors (Lipinski definition) is 5. The van der Waals surface area contributed by atoms with Gasteiger partial charge in [-0.2, -0.15) is 0 Å². The Morgan fingerprint density at radius 3 is 2.76 bits per heavy atom. The molecule has 0 saturated heterocycles. The summed E-state index contributed by atoms with van der Waals surface area (Å²) in [6.45, 7) is 2.14. The third kappa shape index (κ3) is 3.44. The van der Waals surface area contributed by atoms with Crippen molar-refractivity contribution < 1.29 is 4.74 Å². The van der Waals surface area contributed by atoms with Crippen LogP contribution in [-0.2, 0) is 6.42 Å². The topological polar surface area (TPSA) is 64.3 Å². The van der Waals surface area contributed by atoms with E-state index in [4.69, 9.17) is 10.5 Å². The van der Waals surface area contributed by atoms with Gasteiger partial charge in [0.2, 0.25) is 0 Å². The van der Waals surface area contributed by atoms with Gasteiger partial charge in [-0.3, -0.25) is 0 Å². The second kappa shape index (κ2) is 6.76. The van der Waals surface area contributed by atoms with Gasteiger partial charge in [-0.05, 0) is 40.9 Å². The third-order valence-corrected chi connectivity index (χ3v) is 4.26. The van der Waals surface area contributed by atoms with Gasteiger partial charge in [0.05, 0.1) is 7.11 Å². The van der Waals surface area contributed by atoms with Crippen LogP contribution >= 0.6 is 15.9 Å². The number of nitrogens with two attached hydrogens (primary N) is 1. The first kappa shape index (κ1) is 15.6. The number of benzene rings is 1. The number of anilines is 2. The van der Waals surface area contributed by atoms with Crippen LogP contribution in [0.4, 0.5) is 11.6 Å². The Hall–Kier alpha value is -1.82. The normalized spacial score (nSPS) is 12.0. The molecule has 1 aromatic carbocycles. The van der Waals surface area contributed by atoms with Crippen molar-refractivity contribution in [1.82, 2.24) is 9.97 Å². The van der Waals surface area contributed by atoms with Crippen LogP contribution in [0.1, 0.15) is 12.5 Å². The van der Waals surface area contributed by atoms with E-state index in [1.807, 2.05) is 25.2 Å². The molecule has 1 heterocycles. The Morgan fingerprint density at radius 1 is 1.33 bits per heavy atom. The highest BCUT2D eigenvalue weighted by molar-refractivity contribution is 9.10. The van der Waals surface area contributed by atoms with Crippen molar-refractivity contribution in [3.05, 3.63) is 40.6 Å². The van der Waals surface area contributed by atoms with Crippen LogP contribution in [0.5, 0.6) is 5.75 Å². The van der Waals surface area contributed by atoms with Crippen molar-refractivity contribution >= 4 is 27.6 Å². The number of rotatable bonds is 5. The highest BCUT2D eigenvalue weighted by Crippen LogP contribution is 2.29. The van der Waals surface area contributed by atoms with Crippen molar-refractivity contribution in [2.45, 2.75) is 19.4 Å². The average Bonchev–Trinajstić information content (AvgIpc) is 2.50. The number of methoxy groups -OCH3 is 1. The molecule has 6 heteroatoms. The zero-order valence-corrected chi connectivity index (χ0v) is 14.0. The van der Waals surface area contributed by atoms with Gasteiger partial charge >= 0.3 is 0 Å². The Kier molecular flexibility index (Phi) is 5.01. The van der Waals surface area contributed by atoms with Gasteiger partial charge in [-0.25, -0.2) is 9.97 Å². The molecule has 0 spiro atoms. The average molecular weight is 351 g/mol. The maximum Gasteiger partial charge on any atom is 0.148 e. The fraction of sp³-hybridized carbons (Fsp3) is 0.333. The molecule has 2 aromatic rings. The lowest BCUT2D eigenvalue weighted by Crippen LogP contribution is -2.32. The number of para-hydroxylation sites is 1. The van der Waals surface area contributed by atoms with Gasteiger partial charge in [-0.1, -0.05) is 18.2 Å². The highest BCUT2D eigenvalue weighted by atomic mass is 79.9. The predicted octanol–water partition coefficient (Wildman–Crippen LogP) is 2.90. The standard InChI is InChI=1S/C15H19BrN4O/c1-10(8-11-6-4-5-7-12(11)21-3)20(2)15-13(16)14(17)18-9-19-15/h4-7,9-10H,8H2,1-3H3,(H2,17,18,19). The van der Waals surface area contributed by atoms with E-state index in [-0.39, 0.29) is 6.04 Å². The second-order valence-electron chi connectivity index (χ2n) is 4.87. The van der Waals surface area contributed by atoms with Crippen LogP contribution in [0.2, 0.25) is 0 Å². The summed E-state index contributed by atoms with van der Waals surface area (Å²) in [6, 6.07) is 8.27. The summed E-state index contributed by atoms with van der Waals surface area (Å²) in [5.41, 5.74) is 6.98. The molecule has 0 radical (unpaired) electrons. The Bertz CT molecular complexity index is 620. The van der Waals surface area contributed by atoms with Crippen LogP contribution in [-0.4, -0.2) is 30.2 Å². The fourth-order valence-electron chi connectivity index (χ4n) is 2.16. The summed E-state index contributed by atoms with van der Waals surface area (Å²) in [5.74, 6) is 2.13. The van der Waals surface area contributed by atoms with Gasteiger partial charge < -0.3 is 15.4 Å². The van der Waals surface area contributed by atoms with E-state index in [9.17, 15) is 0 Å². The van der Waals surface area contributed by atoms with Gasteiger partial charge in [0.25, 0.3) is 0 Å². The van der Waals surface area contributed by atoms with E-state index in [2.05, 4.69) is 43.8 Å². The van der Waals surface area contributed by atoms with E-state index in [0.717, 1.165) is 28.0 Å². The second-order valence-corrected chi connectivity index (χ2v) is 5.67. The van der Waals surface area contributed by atoms with Gasteiger partial charge in [0.15, 0.2) is 0 Å². The van der Waals surface area contributed by atoms with Crippen molar-refractivity contribution in [2.75, 3.05) is 24.8 Å². The van der Waals surface area contributed by atoms with E-state index >= 15 is 0 Å². The molecule has 112 valence electrons.